The Labute approximate surface area is 122 Å². The Kier molecular flexibility index (Phi) is 5.29. The second-order valence-corrected chi connectivity index (χ2v) is 4.45. The fourth-order valence-electron chi connectivity index (χ4n) is 1.82. The van der Waals surface area contributed by atoms with Gasteiger partial charge in [-0.1, -0.05) is 18.2 Å². The molecular weight excluding hydrogens is 273 g/mol. The van der Waals surface area contributed by atoms with Gasteiger partial charge < -0.3 is 15.2 Å². The third-order valence-electron chi connectivity index (χ3n) is 2.90. The van der Waals surface area contributed by atoms with Gasteiger partial charge in [-0.2, -0.15) is 0 Å². The number of rotatable bonds is 7. The van der Waals surface area contributed by atoms with E-state index in [0.29, 0.717) is 18.7 Å². The molecule has 0 bridgehead atoms. The molecule has 0 spiro atoms. The first kappa shape index (κ1) is 15.0. The predicted molar refractivity (Wildman–Crippen MR) is 77.0 cm³/mol. The minimum Gasteiger partial charge on any atom is -0.492 e. The lowest BCUT2D eigenvalue weighted by Crippen LogP contribution is -2.21. The Morgan fingerprint density at radius 2 is 1.95 bits per heavy atom. The third-order valence-corrected chi connectivity index (χ3v) is 2.90. The summed E-state index contributed by atoms with van der Waals surface area (Å²) >= 11 is 0. The Bertz CT molecular complexity index is 602. The Balaban J connectivity index is 1.78. The molecule has 0 radical (unpaired) electrons. The van der Waals surface area contributed by atoms with E-state index in [1.54, 1.807) is 0 Å². The smallest absolute Gasteiger partial charge is 0.335 e. The lowest BCUT2D eigenvalue weighted by molar-refractivity contribution is 0.0696. The van der Waals surface area contributed by atoms with Gasteiger partial charge in [-0.25, -0.2) is 9.18 Å². The summed E-state index contributed by atoms with van der Waals surface area (Å²) < 4.78 is 19.0. The minimum atomic E-state index is -1.07. The van der Waals surface area contributed by atoms with Crippen LogP contribution in [0, 0.1) is 5.82 Å². The number of benzene rings is 2. The molecule has 21 heavy (non-hydrogen) atoms. The van der Waals surface area contributed by atoms with Crippen LogP contribution in [-0.2, 0) is 6.54 Å². The van der Waals surface area contributed by atoms with Crippen LogP contribution < -0.4 is 10.1 Å². The van der Waals surface area contributed by atoms with E-state index < -0.39 is 11.8 Å². The van der Waals surface area contributed by atoms with E-state index >= 15 is 0 Å². The maximum atomic E-state index is 13.5. The zero-order valence-corrected chi connectivity index (χ0v) is 11.4. The van der Waals surface area contributed by atoms with Gasteiger partial charge >= 0.3 is 5.97 Å². The second-order valence-electron chi connectivity index (χ2n) is 4.45. The Hall–Kier alpha value is -2.40. The van der Waals surface area contributed by atoms with Gasteiger partial charge in [0, 0.05) is 18.7 Å². The van der Waals surface area contributed by atoms with Crippen molar-refractivity contribution in [2.24, 2.45) is 0 Å². The van der Waals surface area contributed by atoms with Crippen molar-refractivity contribution in [2.45, 2.75) is 6.54 Å². The number of carboxylic acids is 1. The number of para-hydroxylation sites is 1. The molecule has 0 atom stereocenters. The molecule has 0 aliphatic carbocycles. The highest BCUT2D eigenvalue weighted by Crippen LogP contribution is 2.11. The molecule has 0 aliphatic heterocycles. The number of halogens is 1. The second kappa shape index (κ2) is 7.40. The molecule has 0 saturated carbocycles. The van der Waals surface area contributed by atoms with Gasteiger partial charge in [0.25, 0.3) is 0 Å². The zero-order valence-electron chi connectivity index (χ0n) is 11.4. The molecule has 0 heterocycles. The van der Waals surface area contributed by atoms with Gasteiger partial charge in [-0.05, 0) is 30.3 Å². The van der Waals surface area contributed by atoms with Crippen molar-refractivity contribution >= 4 is 5.97 Å². The van der Waals surface area contributed by atoms with Gasteiger partial charge in [0.05, 0.1) is 5.56 Å². The van der Waals surface area contributed by atoms with Crippen LogP contribution in [0.4, 0.5) is 4.39 Å². The first-order chi connectivity index (χ1) is 10.2. The summed E-state index contributed by atoms with van der Waals surface area (Å²) in [6.07, 6.45) is 0. The van der Waals surface area contributed by atoms with Crippen molar-refractivity contribution in [2.75, 3.05) is 13.2 Å². The highest BCUT2D eigenvalue weighted by molar-refractivity contribution is 5.87. The van der Waals surface area contributed by atoms with E-state index in [0.717, 1.165) is 5.75 Å². The predicted octanol–water partition coefficient (Wildman–Crippen LogP) is 2.69. The number of aromatic carboxylic acids is 1. The highest BCUT2D eigenvalue weighted by Gasteiger charge is 2.07. The number of carboxylic acid groups (broad SMARTS) is 1. The van der Waals surface area contributed by atoms with Crippen LogP contribution in [0.2, 0.25) is 0 Å². The summed E-state index contributed by atoms with van der Waals surface area (Å²) in [5.41, 5.74) is 0.406. The first-order valence-electron chi connectivity index (χ1n) is 6.57. The molecule has 0 fully saturated rings. The van der Waals surface area contributed by atoms with Gasteiger partial charge in [-0.3, -0.25) is 0 Å². The lowest BCUT2D eigenvalue weighted by atomic mass is 10.1. The van der Waals surface area contributed by atoms with Crippen molar-refractivity contribution < 1.29 is 19.0 Å². The quantitative estimate of drug-likeness (QED) is 0.769. The molecule has 0 amide bonds. The van der Waals surface area contributed by atoms with Crippen molar-refractivity contribution in [3.05, 3.63) is 65.5 Å². The highest BCUT2D eigenvalue weighted by atomic mass is 19.1. The summed E-state index contributed by atoms with van der Waals surface area (Å²) in [5.74, 6) is -0.710. The van der Waals surface area contributed by atoms with E-state index in [9.17, 15) is 9.18 Å². The van der Waals surface area contributed by atoms with Crippen LogP contribution >= 0.6 is 0 Å². The molecule has 5 heteroatoms. The average Bonchev–Trinajstić information content (AvgIpc) is 2.49. The molecule has 0 unspecified atom stereocenters. The molecule has 2 rings (SSSR count). The van der Waals surface area contributed by atoms with Crippen molar-refractivity contribution in [1.82, 2.24) is 5.32 Å². The van der Waals surface area contributed by atoms with Crippen LogP contribution in [0.15, 0.2) is 48.5 Å². The number of nitrogens with one attached hydrogen (secondary N) is 1. The standard InChI is InChI=1S/C16H16FNO3/c17-15-7-6-12(16(19)20)10-13(15)11-18-8-9-21-14-4-2-1-3-5-14/h1-7,10,18H,8-9,11H2,(H,19,20). The van der Waals surface area contributed by atoms with Gasteiger partial charge in [0.1, 0.15) is 18.2 Å². The maximum Gasteiger partial charge on any atom is 0.335 e. The molecule has 2 aromatic rings. The molecular formula is C16H16FNO3. The molecule has 110 valence electrons. The van der Waals surface area contributed by atoms with Crippen LogP contribution in [0.25, 0.3) is 0 Å². The van der Waals surface area contributed by atoms with Gasteiger partial charge in [0.15, 0.2) is 0 Å². The molecule has 4 nitrogen and oxygen atoms in total. The molecule has 2 N–H and O–H groups in total. The van der Waals surface area contributed by atoms with Gasteiger partial charge in [0.2, 0.25) is 0 Å². The fourth-order valence-corrected chi connectivity index (χ4v) is 1.82. The van der Waals surface area contributed by atoms with Gasteiger partial charge in [-0.15, -0.1) is 0 Å². The van der Waals surface area contributed by atoms with E-state index in [1.807, 2.05) is 30.3 Å². The van der Waals surface area contributed by atoms with Crippen molar-refractivity contribution in [1.29, 1.82) is 0 Å². The summed E-state index contributed by atoms with van der Waals surface area (Å²) in [5, 5.41) is 11.9. The first-order valence-corrected chi connectivity index (χ1v) is 6.57. The molecule has 2 aromatic carbocycles. The SMILES string of the molecule is O=C(O)c1ccc(F)c(CNCCOc2ccccc2)c1. The van der Waals surface area contributed by atoms with E-state index in [2.05, 4.69) is 5.32 Å². The normalized spacial score (nSPS) is 10.3. The molecule has 0 saturated heterocycles. The van der Waals surface area contributed by atoms with Crippen LogP contribution in [0.1, 0.15) is 15.9 Å². The van der Waals surface area contributed by atoms with Crippen LogP contribution in [0.5, 0.6) is 5.75 Å². The minimum absolute atomic E-state index is 0.0775. The maximum absolute atomic E-state index is 13.5. The molecule has 0 aliphatic rings. The number of hydrogen-bond acceptors (Lipinski definition) is 3. The van der Waals surface area contributed by atoms with Crippen molar-refractivity contribution in [3.8, 4) is 5.75 Å². The largest absolute Gasteiger partial charge is 0.492 e. The fraction of sp³-hybridized carbons (Fsp3) is 0.188. The Morgan fingerprint density at radius 3 is 2.67 bits per heavy atom. The number of carbonyl (C=O) groups is 1. The summed E-state index contributed by atoms with van der Waals surface area (Å²) in [4.78, 5) is 10.8. The lowest BCUT2D eigenvalue weighted by Gasteiger charge is -2.08. The monoisotopic (exact) mass is 289 g/mol. The summed E-state index contributed by atoms with van der Waals surface area (Å²) in [6, 6.07) is 13.1. The topological polar surface area (TPSA) is 58.6 Å². The Morgan fingerprint density at radius 1 is 1.19 bits per heavy atom. The number of ether oxygens (including phenoxy) is 1. The molecule has 0 aromatic heterocycles. The summed E-state index contributed by atoms with van der Waals surface area (Å²) in [6.45, 7) is 1.24. The van der Waals surface area contributed by atoms with E-state index in [-0.39, 0.29) is 12.1 Å². The van der Waals surface area contributed by atoms with Crippen LogP contribution in [-0.4, -0.2) is 24.2 Å². The zero-order chi connectivity index (χ0) is 15.1. The van der Waals surface area contributed by atoms with E-state index in [4.69, 9.17) is 9.84 Å². The number of hydrogen-bond donors (Lipinski definition) is 2. The third kappa shape index (κ3) is 4.57. The van der Waals surface area contributed by atoms with Crippen molar-refractivity contribution in [3.63, 3.8) is 0 Å². The summed E-state index contributed by atoms with van der Waals surface area (Å²) in [7, 11) is 0. The average molecular weight is 289 g/mol. The van der Waals surface area contributed by atoms with E-state index in [1.165, 1.54) is 18.2 Å². The van der Waals surface area contributed by atoms with Crippen LogP contribution in [0.3, 0.4) is 0 Å².